The Morgan fingerprint density at radius 2 is 1.76 bits per heavy atom. The van der Waals surface area contributed by atoms with E-state index in [1.54, 1.807) is 50.5 Å². The van der Waals surface area contributed by atoms with Crippen molar-refractivity contribution >= 4 is 23.4 Å². The Morgan fingerprint density at radius 3 is 2.33 bits per heavy atom. The van der Waals surface area contributed by atoms with Crippen molar-refractivity contribution in [3.05, 3.63) is 52.5 Å². The topological polar surface area (TPSA) is 77.1 Å². The van der Waals surface area contributed by atoms with Crippen molar-refractivity contribution in [2.75, 3.05) is 41.0 Å². The first-order valence-corrected chi connectivity index (χ1v) is 11.4. The second-order valence-electron chi connectivity index (χ2n) is 8.04. The third-order valence-electron chi connectivity index (χ3n) is 5.96. The first-order valence-electron chi connectivity index (χ1n) is 11.1. The molecule has 178 valence electrons. The molecule has 33 heavy (non-hydrogen) atoms. The standard InChI is InChI=1S/C25H31ClN2O5/c1-5-6-10-27-24(29)20-15-28(25(30)16-8-7-9-18(26)11-16)14-19(20)17-12-21(31-2)23(33-4)22(13-17)32-3/h7-9,11-13,19-20H,5-6,10,14-15H2,1-4H3,(H,27,29)/t19-,20-/m1/s1. The van der Waals surface area contributed by atoms with Gasteiger partial charge in [-0.25, -0.2) is 0 Å². The number of nitrogens with zero attached hydrogens (tertiary/aromatic N) is 1. The average molecular weight is 475 g/mol. The van der Waals surface area contributed by atoms with Gasteiger partial charge in [0.1, 0.15) is 0 Å². The lowest BCUT2D eigenvalue weighted by atomic mass is 9.88. The summed E-state index contributed by atoms with van der Waals surface area (Å²) in [6.07, 6.45) is 1.89. The predicted molar refractivity (Wildman–Crippen MR) is 128 cm³/mol. The molecule has 1 fully saturated rings. The Hall–Kier alpha value is -2.93. The monoisotopic (exact) mass is 474 g/mol. The molecule has 2 atom stereocenters. The van der Waals surface area contributed by atoms with Crippen molar-refractivity contribution in [3.63, 3.8) is 0 Å². The smallest absolute Gasteiger partial charge is 0.253 e. The molecule has 2 aromatic rings. The second kappa shape index (κ2) is 11.3. The Bertz CT molecular complexity index is 972. The molecule has 7 nitrogen and oxygen atoms in total. The van der Waals surface area contributed by atoms with Gasteiger partial charge in [-0.1, -0.05) is 31.0 Å². The maximum atomic E-state index is 13.2. The number of carbonyl (C=O) groups is 2. The minimum atomic E-state index is -0.409. The van der Waals surface area contributed by atoms with Crippen molar-refractivity contribution < 1.29 is 23.8 Å². The quantitative estimate of drug-likeness (QED) is 0.553. The van der Waals surface area contributed by atoms with Gasteiger partial charge >= 0.3 is 0 Å². The van der Waals surface area contributed by atoms with Gasteiger partial charge < -0.3 is 24.4 Å². The summed E-state index contributed by atoms with van der Waals surface area (Å²) in [4.78, 5) is 28.1. The second-order valence-corrected chi connectivity index (χ2v) is 8.47. The highest BCUT2D eigenvalue weighted by Gasteiger charge is 2.41. The van der Waals surface area contributed by atoms with Crippen molar-refractivity contribution in [1.82, 2.24) is 10.2 Å². The van der Waals surface area contributed by atoms with Gasteiger partial charge in [-0.2, -0.15) is 0 Å². The molecule has 0 spiro atoms. The number of hydrogen-bond acceptors (Lipinski definition) is 5. The zero-order valence-electron chi connectivity index (χ0n) is 19.5. The molecule has 0 aliphatic carbocycles. The predicted octanol–water partition coefficient (Wildman–Crippen LogP) is 4.14. The van der Waals surface area contributed by atoms with E-state index in [0.29, 0.717) is 47.5 Å². The molecule has 0 radical (unpaired) electrons. The number of hydrogen-bond donors (Lipinski definition) is 1. The number of nitrogens with one attached hydrogen (secondary N) is 1. The van der Waals surface area contributed by atoms with Crippen LogP contribution in [0.4, 0.5) is 0 Å². The molecule has 1 N–H and O–H groups in total. The molecule has 3 rings (SSSR count). The molecule has 1 aliphatic heterocycles. The molecule has 1 heterocycles. The normalized spacial score (nSPS) is 17.5. The molecular weight excluding hydrogens is 444 g/mol. The maximum Gasteiger partial charge on any atom is 0.253 e. The lowest BCUT2D eigenvalue weighted by molar-refractivity contribution is -0.124. The van der Waals surface area contributed by atoms with E-state index >= 15 is 0 Å². The van der Waals surface area contributed by atoms with Gasteiger partial charge in [-0.05, 0) is 42.3 Å². The van der Waals surface area contributed by atoms with Crippen molar-refractivity contribution in [3.8, 4) is 17.2 Å². The molecule has 1 aliphatic rings. The fourth-order valence-electron chi connectivity index (χ4n) is 4.21. The third-order valence-corrected chi connectivity index (χ3v) is 6.20. The third kappa shape index (κ3) is 5.53. The van der Waals surface area contributed by atoms with E-state index in [1.165, 1.54) is 0 Å². The highest BCUT2D eigenvalue weighted by atomic mass is 35.5. The summed E-state index contributed by atoms with van der Waals surface area (Å²) in [6.45, 7) is 3.38. The highest BCUT2D eigenvalue weighted by Crippen LogP contribution is 2.43. The Morgan fingerprint density at radius 1 is 1.06 bits per heavy atom. The van der Waals surface area contributed by atoms with E-state index in [-0.39, 0.29) is 17.7 Å². The van der Waals surface area contributed by atoms with Gasteiger partial charge in [0.2, 0.25) is 11.7 Å². The first-order chi connectivity index (χ1) is 15.9. The van der Waals surface area contributed by atoms with E-state index in [4.69, 9.17) is 25.8 Å². The fourth-order valence-corrected chi connectivity index (χ4v) is 4.40. The van der Waals surface area contributed by atoms with Crippen LogP contribution in [0.2, 0.25) is 5.02 Å². The van der Waals surface area contributed by atoms with Crippen molar-refractivity contribution in [2.24, 2.45) is 5.92 Å². The number of unbranched alkanes of at least 4 members (excludes halogenated alkanes) is 1. The minimum absolute atomic E-state index is 0.0661. The van der Waals surface area contributed by atoms with Crippen LogP contribution in [-0.4, -0.2) is 57.7 Å². The van der Waals surface area contributed by atoms with Gasteiger partial charge in [-0.3, -0.25) is 9.59 Å². The summed E-state index contributed by atoms with van der Waals surface area (Å²) in [5.41, 5.74) is 1.35. The highest BCUT2D eigenvalue weighted by molar-refractivity contribution is 6.30. The van der Waals surface area contributed by atoms with Crippen LogP contribution in [-0.2, 0) is 4.79 Å². The number of halogens is 1. The van der Waals surface area contributed by atoms with Crippen LogP contribution in [0, 0.1) is 5.92 Å². The van der Waals surface area contributed by atoms with Gasteiger partial charge in [-0.15, -0.1) is 0 Å². The number of carbonyl (C=O) groups excluding carboxylic acids is 2. The summed E-state index contributed by atoms with van der Waals surface area (Å²) < 4.78 is 16.5. The van der Waals surface area contributed by atoms with Crippen molar-refractivity contribution in [1.29, 1.82) is 0 Å². The van der Waals surface area contributed by atoms with Gasteiger partial charge in [0.15, 0.2) is 11.5 Å². The number of ether oxygens (including phenoxy) is 3. The Balaban J connectivity index is 1.95. The minimum Gasteiger partial charge on any atom is -0.493 e. The van der Waals surface area contributed by atoms with E-state index in [9.17, 15) is 9.59 Å². The van der Waals surface area contributed by atoms with Crippen LogP contribution in [0.15, 0.2) is 36.4 Å². The Labute approximate surface area is 200 Å². The number of benzene rings is 2. The maximum absolute atomic E-state index is 13.2. The molecule has 0 bridgehead atoms. The molecule has 0 aromatic heterocycles. The number of rotatable bonds is 9. The summed E-state index contributed by atoms with van der Waals surface area (Å²) in [7, 11) is 4.66. The number of methoxy groups -OCH3 is 3. The fraction of sp³-hybridized carbons (Fsp3) is 0.440. The summed E-state index contributed by atoms with van der Waals surface area (Å²) in [5, 5.41) is 3.52. The molecular formula is C25H31ClN2O5. The molecule has 1 saturated heterocycles. The van der Waals surface area contributed by atoms with Gasteiger partial charge in [0.25, 0.3) is 5.91 Å². The van der Waals surface area contributed by atoms with Gasteiger partial charge in [0, 0.05) is 36.1 Å². The lowest BCUT2D eigenvalue weighted by Gasteiger charge is -2.21. The first kappa shape index (κ1) is 24.7. The van der Waals surface area contributed by atoms with E-state index in [1.807, 2.05) is 12.1 Å². The number of amides is 2. The molecule has 0 saturated carbocycles. The summed E-state index contributed by atoms with van der Waals surface area (Å²) in [5.74, 6) is 0.643. The molecule has 0 unspecified atom stereocenters. The van der Waals surface area contributed by atoms with Crippen LogP contribution in [0.3, 0.4) is 0 Å². The van der Waals surface area contributed by atoms with Crippen LogP contribution < -0.4 is 19.5 Å². The average Bonchev–Trinajstić information content (AvgIpc) is 3.28. The largest absolute Gasteiger partial charge is 0.493 e. The summed E-state index contributed by atoms with van der Waals surface area (Å²) >= 11 is 6.09. The molecule has 8 heteroatoms. The van der Waals surface area contributed by atoms with Crippen molar-refractivity contribution in [2.45, 2.75) is 25.7 Å². The summed E-state index contributed by atoms with van der Waals surface area (Å²) in [6, 6.07) is 10.6. The van der Waals surface area contributed by atoms with Crippen LogP contribution in [0.25, 0.3) is 0 Å². The molecule has 2 amide bonds. The zero-order chi connectivity index (χ0) is 24.0. The van der Waals surface area contributed by atoms with E-state index < -0.39 is 5.92 Å². The zero-order valence-corrected chi connectivity index (χ0v) is 20.3. The van der Waals surface area contributed by atoms with E-state index in [2.05, 4.69) is 12.2 Å². The molecule has 2 aromatic carbocycles. The van der Waals surface area contributed by atoms with Gasteiger partial charge in [0.05, 0.1) is 27.2 Å². The lowest BCUT2D eigenvalue weighted by Crippen LogP contribution is -2.36. The number of likely N-dealkylation sites (tertiary alicyclic amines) is 1. The Kier molecular flexibility index (Phi) is 8.44. The SMILES string of the molecule is CCCCNC(=O)[C@@H]1CN(C(=O)c2cccc(Cl)c2)C[C@@H]1c1cc(OC)c(OC)c(OC)c1. The van der Waals surface area contributed by atoms with E-state index in [0.717, 1.165) is 18.4 Å². The van der Waals surface area contributed by atoms with Crippen LogP contribution in [0.5, 0.6) is 17.2 Å². The van der Waals surface area contributed by atoms with Crippen LogP contribution in [0.1, 0.15) is 41.6 Å². The van der Waals surface area contributed by atoms with Crippen LogP contribution >= 0.6 is 11.6 Å².